The molecule has 28 heavy (non-hydrogen) atoms. The summed E-state index contributed by atoms with van der Waals surface area (Å²) < 4.78 is 16.3. The topological polar surface area (TPSA) is 91.1 Å². The number of hydrogen-bond acceptors (Lipinski definition) is 7. The van der Waals surface area contributed by atoms with Gasteiger partial charge in [-0.15, -0.1) is 0 Å². The lowest BCUT2D eigenvalue weighted by Gasteiger charge is -2.30. The van der Waals surface area contributed by atoms with Crippen molar-refractivity contribution >= 4 is 17.3 Å². The molecule has 0 radical (unpaired) electrons. The molecule has 1 aliphatic heterocycles. The van der Waals surface area contributed by atoms with Crippen molar-refractivity contribution in [2.75, 3.05) is 37.8 Å². The van der Waals surface area contributed by atoms with Crippen molar-refractivity contribution in [1.82, 2.24) is 0 Å². The Hall–Kier alpha value is -3.13. The highest BCUT2D eigenvalue weighted by molar-refractivity contribution is 5.98. The number of esters is 1. The van der Waals surface area contributed by atoms with E-state index in [1.807, 2.05) is 11.8 Å². The van der Waals surface area contributed by atoms with E-state index in [0.29, 0.717) is 50.1 Å². The first-order chi connectivity index (χ1) is 13.6. The number of nitrogens with zero attached hydrogens (tertiary/aromatic N) is 2. The molecule has 0 aliphatic carbocycles. The van der Waals surface area contributed by atoms with Gasteiger partial charge in [-0.1, -0.05) is 6.92 Å². The minimum absolute atomic E-state index is 0.155. The van der Waals surface area contributed by atoms with E-state index in [0.717, 1.165) is 6.42 Å². The van der Waals surface area contributed by atoms with E-state index in [1.54, 1.807) is 30.3 Å². The third kappa shape index (κ3) is 4.77. The summed E-state index contributed by atoms with van der Waals surface area (Å²) in [5.74, 6) is 0.381. The van der Waals surface area contributed by atoms with Gasteiger partial charge < -0.3 is 19.1 Å². The van der Waals surface area contributed by atoms with Crippen LogP contribution >= 0.6 is 0 Å². The van der Waals surface area contributed by atoms with E-state index in [1.165, 1.54) is 12.1 Å². The molecule has 1 aliphatic rings. The van der Waals surface area contributed by atoms with Gasteiger partial charge >= 0.3 is 5.97 Å². The maximum atomic E-state index is 12.8. The maximum Gasteiger partial charge on any atom is 0.345 e. The van der Waals surface area contributed by atoms with Gasteiger partial charge in [0.1, 0.15) is 11.5 Å². The number of nitro groups is 1. The SMILES string of the molecule is CCCOc1ccc(OC(=O)c2cc([N+](=O)[O-])ccc2N2CCOCC2)cc1. The first-order valence-corrected chi connectivity index (χ1v) is 9.14. The van der Waals surface area contributed by atoms with Crippen molar-refractivity contribution in [1.29, 1.82) is 0 Å². The average molecular weight is 386 g/mol. The lowest BCUT2D eigenvalue weighted by molar-refractivity contribution is -0.384. The van der Waals surface area contributed by atoms with Crippen molar-refractivity contribution in [3.63, 3.8) is 0 Å². The number of carbonyl (C=O) groups is 1. The van der Waals surface area contributed by atoms with Gasteiger partial charge in [-0.25, -0.2) is 4.79 Å². The zero-order chi connectivity index (χ0) is 19.9. The number of non-ortho nitro benzene ring substituents is 1. The highest BCUT2D eigenvalue weighted by Gasteiger charge is 2.23. The van der Waals surface area contributed by atoms with Crippen LogP contribution < -0.4 is 14.4 Å². The Morgan fingerprint density at radius 1 is 1.14 bits per heavy atom. The number of anilines is 1. The summed E-state index contributed by atoms with van der Waals surface area (Å²) in [6.07, 6.45) is 0.897. The van der Waals surface area contributed by atoms with Crippen molar-refractivity contribution < 1.29 is 23.9 Å². The predicted octanol–water partition coefficient (Wildman–Crippen LogP) is 3.44. The largest absolute Gasteiger partial charge is 0.494 e. The first kappa shape index (κ1) is 19.6. The molecule has 8 nitrogen and oxygen atoms in total. The lowest BCUT2D eigenvalue weighted by Crippen LogP contribution is -2.37. The Balaban J connectivity index is 1.82. The Bertz CT molecular complexity index is 831. The minimum Gasteiger partial charge on any atom is -0.494 e. The Kier molecular flexibility index (Phi) is 6.44. The second kappa shape index (κ2) is 9.18. The van der Waals surface area contributed by atoms with Gasteiger partial charge in [-0.3, -0.25) is 10.1 Å². The number of morpholine rings is 1. The standard InChI is InChI=1S/C20H22N2O6/c1-2-11-27-16-4-6-17(7-5-16)28-20(23)18-14-15(22(24)25)3-8-19(18)21-9-12-26-13-10-21/h3-8,14H,2,9-13H2,1H3. The fourth-order valence-electron chi connectivity index (χ4n) is 2.87. The molecule has 1 fully saturated rings. The van der Waals surface area contributed by atoms with Crippen LogP contribution in [0.2, 0.25) is 0 Å². The Morgan fingerprint density at radius 2 is 1.82 bits per heavy atom. The number of nitro benzene ring substituents is 1. The molecule has 0 aromatic heterocycles. The minimum atomic E-state index is -0.646. The number of rotatable bonds is 7. The summed E-state index contributed by atoms with van der Waals surface area (Å²) >= 11 is 0. The molecule has 0 unspecified atom stereocenters. The third-order valence-corrected chi connectivity index (χ3v) is 4.27. The molecule has 2 aromatic carbocycles. The van der Waals surface area contributed by atoms with E-state index in [-0.39, 0.29) is 11.3 Å². The number of benzene rings is 2. The molecule has 1 saturated heterocycles. The lowest BCUT2D eigenvalue weighted by atomic mass is 10.1. The van der Waals surface area contributed by atoms with Crippen LogP contribution in [0, 0.1) is 10.1 Å². The molecule has 3 rings (SSSR count). The van der Waals surface area contributed by atoms with Gasteiger partial charge in [0.25, 0.3) is 5.69 Å². The van der Waals surface area contributed by atoms with Crippen LogP contribution in [0.1, 0.15) is 23.7 Å². The summed E-state index contributed by atoms with van der Waals surface area (Å²) in [5, 5.41) is 11.2. The Morgan fingerprint density at radius 3 is 2.46 bits per heavy atom. The van der Waals surface area contributed by atoms with Crippen LogP contribution in [-0.2, 0) is 4.74 Å². The van der Waals surface area contributed by atoms with Crippen molar-refractivity contribution in [2.24, 2.45) is 0 Å². The average Bonchev–Trinajstić information content (AvgIpc) is 2.73. The summed E-state index contributed by atoms with van der Waals surface area (Å²) in [6.45, 7) is 4.88. The van der Waals surface area contributed by atoms with Crippen LogP contribution in [0.3, 0.4) is 0 Å². The summed E-state index contributed by atoms with van der Waals surface area (Å²) in [4.78, 5) is 25.4. The molecule has 0 bridgehead atoms. The van der Waals surface area contributed by atoms with E-state index < -0.39 is 10.9 Å². The zero-order valence-electron chi connectivity index (χ0n) is 15.6. The molecule has 0 spiro atoms. The van der Waals surface area contributed by atoms with E-state index in [2.05, 4.69) is 0 Å². The van der Waals surface area contributed by atoms with Gasteiger partial charge in [0.15, 0.2) is 0 Å². The van der Waals surface area contributed by atoms with Gasteiger partial charge in [-0.2, -0.15) is 0 Å². The third-order valence-electron chi connectivity index (χ3n) is 4.27. The molecule has 0 amide bonds. The van der Waals surface area contributed by atoms with Crippen molar-refractivity contribution in [3.8, 4) is 11.5 Å². The van der Waals surface area contributed by atoms with E-state index in [9.17, 15) is 14.9 Å². The van der Waals surface area contributed by atoms with Crippen LogP contribution in [-0.4, -0.2) is 43.8 Å². The molecular weight excluding hydrogens is 364 g/mol. The van der Waals surface area contributed by atoms with Crippen LogP contribution in [0.4, 0.5) is 11.4 Å². The monoisotopic (exact) mass is 386 g/mol. The smallest absolute Gasteiger partial charge is 0.345 e. The van der Waals surface area contributed by atoms with Crippen LogP contribution in [0.5, 0.6) is 11.5 Å². The normalized spacial score (nSPS) is 13.8. The molecular formula is C20H22N2O6. The van der Waals surface area contributed by atoms with E-state index in [4.69, 9.17) is 14.2 Å². The molecule has 1 heterocycles. The van der Waals surface area contributed by atoms with Gasteiger partial charge in [0, 0.05) is 25.2 Å². The molecule has 0 N–H and O–H groups in total. The molecule has 148 valence electrons. The fourth-order valence-corrected chi connectivity index (χ4v) is 2.87. The quantitative estimate of drug-likeness (QED) is 0.311. The highest BCUT2D eigenvalue weighted by atomic mass is 16.6. The number of carbonyl (C=O) groups excluding carboxylic acids is 1. The maximum absolute atomic E-state index is 12.8. The molecule has 0 saturated carbocycles. The highest BCUT2D eigenvalue weighted by Crippen LogP contribution is 2.28. The van der Waals surface area contributed by atoms with Gasteiger partial charge in [-0.05, 0) is 36.8 Å². The van der Waals surface area contributed by atoms with E-state index >= 15 is 0 Å². The van der Waals surface area contributed by atoms with Gasteiger partial charge in [0.05, 0.1) is 36.0 Å². The van der Waals surface area contributed by atoms with Crippen molar-refractivity contribution in [2.45, 2.75) is 13.3 Å². The molecule has 0 atom stereocenters. The second-order valence-electron chi connectivity index (χ2n) is 6.27. The summed E-state index contributed by atoms with van der Waals surface area (Å²) in [6, 6.07) is 10.9. The summed E-state index contributed by atoms with van der Waals surface area (Å²) in [7, 11) is 0. The predicted molar refractivity (Wildman–Crippen MR) is 103 cm³/mol. The number of hydrogen-bond donors (Lipinski definition) is 0. The fraction of sp³-hybridized carbons (Fsp3) is 0.350. The Labute approximate surface area is 162 Å². The summed E-state index contributed by atoms with van der Waals surface area (Å²) in [5.41, 5.74) is 0.594. The van der Waals surface area contributed by atoms with Crippen LogP contribution in [0.25, 0.3) is 0 Å². The molecule has 2 aromatic rings. The van der Waals surface area contributed by atoms with Crippen LogP contribution in [0.15, 0.2) is 42.5 Å². The zero-order valence-corrected chi connectivity index (χ0v) is 15.6. The van der Waals surface area contributed by atoms with Gasteiger partial charge in [0.2, 0.25) is 0 Å². The second-order valence-corrected chi connectivity index (χ2v) is 6.27. The van der Waals surface area contributed by atoms with Crippen molar-refractivity contribution in [3.05, 3.63) is 58.1 Å². The first-order valence-electron chi connectivity index (χ1n) is 9.14. The molecule has 8 heteroatoms. The number of ether oxygens (including phenoxy) is 3.